The van der Waals surface area contributed by atoms with Crippen molar-refractivity contribution in [3.05, 3.63) is 88.5 Å². The SMILES string of the molecule is COc1ccc(CCNC(=O)CCn2c(SCc3cccnc3)nc3ccccc3c2=O)cc1OC. The van der Waals surface area contributed by atoms with Gasteiger partial charge in [-0.3, -0.25) is 19.1 Å². The predicted octanol–water partition coefficient (Wildman–Crippen LogP) is 3.85. The monoisotopic (exact) mass is 504 g/mol. The summed E-state index contributed by atoms with van der Waals surface area (Å²) in [5.74, 6) is 1.81. The van der Waals surface area contributed by atoms with Gasteiger partial charge in [0, 0.05) is 37.7 Å². The van der Waals surface area contributed by atoms with Gasteiger partial charge in [-0.2, -0.15) is 0 Å². The highest BCUT2D eigenvalue weighted by Crippen LogP contribution is 2.27. The van der Waals surface area contributed by atoms with Gasteiger partial charge in [0.25, 0.3) is 5.56 Å². The number of amides is 1. The van der Waals surface area contributed by atoms with Crippen molar-refractivity contribution < 1.29 is 14.3 Å². The Kier molecular flexibility index (Phi) is 8.57. The van der Waals surface area contributed by atoms with E-state index in [1.54, 1.807) is 37.2 Å². The Hall–Kier alpha value is -3.85. The number of fused-ring (bicyclic) bond motifs is 1. The average Bonchev–Trinajstić information content (AvgIpc) is 2.92. The molecule has 1 N–H and O–H groups in total. The smallest absolute Gasteiger partial charge is 0.262 e. The topological polar surface area (TPSA) is 95.3 Å². The van der Waals surface area contributed by atoms with Crippen molar-refractivity contribution >= 4 is 28.6 Å². The maximum atomic E-state index is 13.2. The molecular weight excluding hydrogens is 476 g/mol. The Morgan fingerprint density at radius 1 is 1.03 bits per heavy atom. The lowest BCUT2D eigenvalue weighted by atomic mass is 10.1. The van der Waals surface area contributed by atoms with E-state index < -0.39 is 0 Å². The van der Waals surface area contributed by atoms with Crippen LogP contribution >= 0.6 is 11.8 Å². The van der Waals surface area contributed by atoms with Gasteiger partial charge in [-0.25, -0.2) is 4.98 Å². The van der Waals surface area contributed by atoms with Crippen LogP contribution in [-0.4, -0.2) is 41.2 Å². The molecule has 8 nitrogen and oxygen atoms in total. The van der Waals surface area contributed by atoms with Gasteiger partial charge in [-0.1, -0.05) is 36.0 Å². The van der Waals surface area contributed by atoms with Gasteiger partial charge in [-0.05, 0) is 47.9 Å². The van der Waals surface area contributed by atoms with E-state index in [0.717, 1.165) is 11.1 Å². The number of nitrogens with zero attached hydrogens (tertiary/aromatic N) is 3. The highest BCUT2D eigenvalue weighted by atomic mass is 32.2. The van der Waals surface area contributed by atoms with Crippen molar-refractivity contribution in [1.82, 2.24) is 19.9 Å². The molecule has 0 spiro atoms. The van der Waals surface area contributed by atoms with Crippen LogP contribution in [0.1, 0.15) is 17.5 Å². The molecule has 186 valence electrons. The van der Waals surface area contributed by atoms with Gasteiger partial charge in [-0.15, -0.1) is 0 Å². The van der Waals surface area contributed by atoms with Crippen LogP contribution in [0.3, 0.4) is 0 Å². The Morgan fingerprint density at radius 3 is 2.64 bits per heavy atom. The van der Waals surface area contributed by atoms with Gasteiger partial charge < -0.3 is 14.8 Å². The first-order chi connectivity index (χ1) is 17.6. The van der Waals surface area contributed by atoms with Crippen LogP contribution in [0.4, 0.5) is 0 Å². The number of aromatic nitrogens is 3. The largest absolute Gasteiger partial charge is 0.493 e. The number of pyridine rings is 1. The maximum Gasteiger partial charge on any atom is 0.262 e. The first-order valence-electron chi connectivity index (χ1n) is 11.6. The van der Waals surface area contributed by atoms with E-state index in [9.17, 15) is 9.59 Å². The molecule has 0 aliphatic carbocycles. The summed E-state index contributed by atoms with van der Waals surface area (Å²) in [5, 5.41) is 4.06. The lowest BCUT2D eigenvalue weighted by Crippen LogP contribution is -2.30. The summed E-state index contributed by atoms with van der Waals surface area (Å²) in [6.45, 7) is 0.718. The second kappa shape index (κ2) is 12.2. The fourth-order valence-electron chi connectivity index (χ4n) is 3.77. The fraction of sp³-hybridized carbons (Fsp3) is 0.259. The van der Waals surface area contributed by atoms with Crippen LogP contribution in [0.25, 0.3) is 10.9 Å². The molecule has 0 fully saturated rings. The molecule has 0 atom stereocenters. The third-order valence-corrected chi connectivity index (χ3v) is 6.71. The fourth-order valence-corrected chi connectivity index (χ4v) is 4.73. The van der Waals surface area contributed by atoms with E-state index in [1.165, 1.54) is 11.8 Å². The average molecular weight is 505 g/mol. The Balaban J connectivity index is 1.41. The molecule has 9 heteroatoms. The molecule has 2 heterocycles. The summed E-state index contributed by atoms with van der Waals surface area (Å²) in [4.78, 5) is 34.7. The number of thioether (sulfide) groups is 1. The molecule has 2 aromatic carbocycles. The Bertz CT molecular complexity index is 1390. The number of methoxy groups -OCH3 is 2. The minimum absolute atomic E-state index is 0.126. The lowest BCUT2D eigenvalue weighted by molar-refractivity contribution is -0.121. The lowest BCUT2D eigenvalue weighted by Gasteiger charge is -2.13. The number of rotatable bonds is 11. The zero-order valence-electron chi connectivity index (χ0n) is 20.3. The summed E-state index contributed by atoms with van der Waals surface area (Å²) in [7, 11) is 3.19. The van der Waals surface area contributed by atoms with Crippen LogP contribution in [0, 0.1) is 0 Å². The normalized spacial score (nSPS) is 10.8. The number of nitrogens with one attached hydrogen (secondary N) is 1. The van der Waals surface area contributed by atoms with Crippen LogP contribution < -0.4 is 20.3 Å². The minimum Gasteiger partial charge on any atom is -0.493 e. The summed E-state index contributed by atoms with van der Waals surface area (Å²) in [5.41, 5.74) is 2.56. The second-order valence-corrected chi connectivity index (χ2v) is 9.00. The minimum atomic E-state index is -0.146. The zero-order chi connectivity index (χ0) is 25.3. The molecule has 2 aromatic heterocycles. The van der Waals surface area contributed by atoms with E-state index >= 15 is 0 Å². The zero-order valence-corrected chi connectivity index (χ0v) is 21.1. The number of carbonyl (C=O) groups excluding carboxylic acids is 1. The quantitative estimate of drug-likeness (QED) is 0.245. The van der Waals surface area contributed by atoms with Gasteiger partial charge in [0.15, 0.2) is 16.7 Å². The van der Waals surface area contributed by atoms with Crippen LogP contribution in [0.2, 0.25) is 0 Å². The molecule has 0 saturated heterocycles. The van der Waals surface area contributed by atoms with E-state index in [4.69, 9.17) is 14.5 Å². The van der Waals surface area contributed by atoms with Crippen molar-refractivity contribution in [3.8, 4) is 11.5 Å². The number of hydrogen-bond acceptors (Lipinski definition) is 7. The van der Waals surface area contributed by atoms with E-state index in [-0.39, 0.29) is 24.4 Å². The van der Waals surface area contributed by atoms with E-state index in [2.05, 4.69) is 10.3 Å². The molecule has 0 aliphatic heterocycles. The van der Waals surface area contributed by atoms with Gasteiger partial charge in [0.2, 0.25) is 5.91 Å². The maximum absolute atomic E-state index is 13.2. The number of hydrogen-bond donors (Lipinski definition) is 1. The van der Waals surface area contributed by atoms with Gasteiger partial charge in [0.05, 0.1) is 25.1 Å². The summed E-state index contributed by atoms with van der Waals surface area (Å²) in [6.07, 6.45) is 4.34. The molecule has 0 radical (unpaired) electrons. The molecule has 0 unspecified atom stereocenters. The van der Waals surface area contributed by atoms with Crippen LogP contribution in [0.5, 0.6) is 11.5 Å². The molecule has 0 aliphatic rings. The third-order valence-electron chi connectivity index (χ3n) is 5.66. The van der Waals surface area contributed by atoms with Crippen LogP contribution in [0.15, 0.2) is 76.9 Å². The van der Waals surface area contributed by atoms with Crippen molar-refractivity contribution in [2.45, 2.75) is 30.3 Å². The van der Waals surface area contributed by atoms with Gasteiger partial charge >= 0.3 is 0 Å². The first kappa shape index (κ1) is 25.2. The first-order valence-corrected chi connectivity index (χ1v) is 12.6. The second-order valence-electron chi connectivity index (χ2n) is 8.06. The number of carbonyl (C=O) groups is 1. The highest BCUT2D eigenvalue weighted by Gasteiger charge is 2.13. The van der Waals surface area contributed by atoms with Gasteiger partial charge in [0.1, 0.15) is 0 Å². The third kappa shape index (κ3) is 6.23. The number of benzene rings is 2. The molecule has 36 heavy (non-hydrogen) atoms. The molecule has 0 saturated carbocycles. The molecule has 4 rings (SSSR count). The summed E-state index contributed by atoms with van der Waals surface area (Å²) >= 11 is 1.46. The van der Waals surface area contributed by atoms with E-state index in [0.29, 0.717) is 46.3 Å². The van der Waals surface area contributed by atoms with E-state index in [1.807, 2.05) is 48.5 Å². The number of ether oxygens (including phenoxy) is 2. The van der Waals surface area contributed by atoms with Crippen molar-refractivity contribution in [2.24, 2.45) is 0 Å². The number of para-hydroxylation sites is 1. The molecule has 1 amide bonds. The van der Waals surface area contributed by atoms with Crippen molar-refractivity contribution in [3.63, 3.8) is 0 Å². The standard InChI is InChI=1S/C27H28N4O4S/c1-34-23-10-9-19(16-24(23)35-2)11-14-29-25(32)12-15-31-26(33)21-7-3-4-8-22(21)30-27(31)36-18-20-6-5-13-28-17-20/h3-10,13,16-17H,11-12,14-15,18H2,1-2H3,(H,29,32). The van der Waals surface area contributed by atoms with Crippen molar-refractivity contribution in [2.75, 3.05) is 20.8 Å². The summed E-state index contributed by atoms with van der Waals surface area (Å²) < 4.78 is 12.2. The highest BCUT2D eigenvalue weighted by molar-refractivity contribution is 7.98. The van der Waals surface area contributed by atoms with Crippen molar-refractivity contribution in [1.29, 1.82) is 0 Å². The Labute approximate surface area is 213 Å². The predicted molar refractivity (Wildman–Crippen MR) is 141 cm³/mol. The Morgan fingerprint density at radius 2 is 1.86 bits per heavy atom. The van der Waals surface area contributed by atoms with Crippen LogP contribution in [-0.2, 0) is 23.5 Å². The molecule has 0 bridgehead atoms. The molecular formula is C27H28N4O4S. The molecule has 4 aromatic rings. The summed E-state index contributed by atoms with van der Waals surface area (Å²) in [6, 6.07) is 16.8.